The maximum absolute atomic E-state index is 14.6. The van der Waals surface area contributed by atoms with E-state index in [1.165, 1.54) is 12.0 Å². The number of hydrogen-bond acceptors (Lipinski definition) is 6. The van der Waals surface area contributed by atoms with Crippen molar-refractivity contribution in [2.45, 2.75) is 24.5 Å². The third kappa shape index (κ3) is 3.60. The Morgan fingerprint density at radius 2 is 1.96 bits per heavy atom. The highest BCUT2D eigenvalue weighted by atomic mass is 19.1. The summed E-state index contributed by atoms with van der Waals surface area (Å²) in [4.78, 5) is 14.6. The highest BCUT2D eigenvalue weighted by molar-refractivity contribution is 5.90. The van der Waals surface area contributed by atoms with Gasteiger partial charge in [0.25, 0.3) is 0 Å². The van der Waals surface area contributed by atoms with Crippen molar-refractivity contribution in [1.82, 2.24) is 0 Å². The van der Waals surface area contributed by atoms with Crippen LogP contribution in [0.25, 0.3) is 0 Å². The summed E-state index contributed by atoms with van der Waals surface area (Å²) < 4.78 is 39.3. The quantitative estimate of drug-likeness (QED) is 0.809. The number of carbonyl (C=O) groups excluding carboxylic acids is 1. The second-order valence-corrected chi connectivity index (χ2v) is 6.75. The second-order valence-electron chi connectivity index (χ2n) is 6.75. The van der Waals surface area contributed by atoms with Gasteiger partial charge in [0.05, 0.1) is 24.4 Å². The number of amides is 1. The summed E-state index contributed by atoms with van der Waals surface area (Å²) in [6.07, 6.45) is -0.473. The summed E-state index contributed by atoms with van der Waals surface area (Å²) in [7, 11) is 1.50. The number of methoxy groups -OCH3 is 1. The van der Waals surface area contributed by atoms with Gasteiger partial charge in [0.15, 0.2) is 11.6 Å². The lowest BCUT2D eigenvalue weighted by Gasteiger charge is -2.39. The fourth-order valence-corrected chi connectivity index (χ4v) is 3.42. The minimum Gasteiger partial charge on any atom is -0.443 e. The van der Waals surface area contributed by atoms with E-state index < -0.39 is 29.4 Å². The Bertz CT molecular complexity index is 657. The van der Waals surface area contributed by atoms with Gasteiger partial charge >= 0.3 is 6.09 Å². The van der Waals surface area contributed by atoms with Gasteiger partial charge in [0.1, 0.15) is 11.8 Å². The number of halogens is 2. The summed E-state index contributed by atoms with van der Waals surface area (Å²) >= 11 is 0. The highest BCUT2D eigenvalue weighted by Crippen LogP contribution is 2.34. The van der Waals surface area contributed by atoms with Crippen LogP contribution in [-0.4, -0.2) is 62.8 Å². The molecule has 0 radical (unpaired) electrons. The Balaban J connectivity index is 1.78. The molecule has 3 N–H and O–H groups in total. The molecule has 1 aromatic carbocycles. The molecule has 0 unspecified atom stereocenters. The SMILES string of the molecule is COCC1(O)CCN(c2c(F)cc(N3C[C@H](CN)OC3=O)cc2F)CC1. The Morgan fingerprint density at radius 3 is 2.46 bits per heavy atom. The Kier molecular flexibility index (Phi) is 5.31. The fourth-order valence-electron chi connectivity index (χ4n) is 3.42. The van der Waals surface area contributed by atoms with E-state index in [-0.39, 0.29) is 31.1 Å². The summed E-state index contributed by atoms with van der Waals surface area (Å²) in [6, 6.07) is 2.24. The van der Waals surface area contributed by atoms with Crippen LogP contribution in [0.15, 0.2) is 12.1 Å². The molecule has 0 spiro atoms. The lowest BCUT2D eigenvalue weighted by molar-refractivity contribution is -0.0473. The van der Waals surface area contributed by atoms with Gasteiger partial charge in [-0.3, -0.25) is 4.90 Å². The van der Waals surface area contributed by atoms with Crippen molar-refractivity contribution in [1.29, 1.82) is 0 Å². The first-order chi connectivity index (χ1) is 12.4. The standard InChI is InChI=1S/C17H23F2N3O4/c1-25-10-17(24)2-4-21(5-3-17)15-13(18)6-11(7-14(15)19)22-9-12(8-20)26-16(22)23/h6-7,12,24H,2-5,8-10,20H2,1H3/t12-/m0/s1. The molecule has 3 rings (SSSR count). The fraction of sp³-hybridized carbons (Fsp3) is 0.588. The third-order valence-corrected chi connectivity index (χ3v) is 4.87. The molecule has 7 nitrogen and oxygen atoms in total. The molecule has 1 atom stereocenters. The van der Waals surface area contributed by atoms with Crippen molar-refractivity contribution in [3.63, 3.8) is 0 Å². The number of carbonyl (C=O) groups is 1. The average Bonchev–Trinajstić information content (AvgIpc) is 2.97. The maximum atomic E-state index is 14.6. The zero-order valence-electron chi connectivity index (χ0n) is 14.6. The van der Waals surface area contributed by atoms with E-state index in [1.807, 2.05) is 0 Å². The number of nitrogens with two attached hydrogens (primary N) is 1. The van der Waals surface area contributed by atoms with Crippen molar-refractivity contribution in [2.75, 3.05) is 49.7 Å². The minimum absolute atomic E-state index is 0.0950. The predicted octanol–water partition coefficient (Wildman–Crippen LogP) is 1.23. The molecule has 1 aromatic rings. The van der Waals surface area contributed by atoms with Crippen molar-refractivity contribution in [3.8, 4) is 0 Å². The zero-order valence-corrected chi connectivity index (χ0v) is 14.6. The molecular formula is C17H23F2N3O4. The van der Waals surface area contributed by atoms with Gasteiger partial charge in [-0.1, -0.05) is 0 Å². The van der Waals surface area contributed by atoms with Gasteiger partial charge in [0, 0.05) is 38.9 Å². The van der Waals surface area contributed by atoms with Crippen LogP contribution in [0.1, 0.15) is 12.8 Å². The number of piperidine rings is 1. The van der Waals surface area contributed by atoms with Gasteiger partial charge in [0.2, 0.25) is 0 Å². The van der Waals surface area contributed by atoms with Crippen molar-refractivity contribution >= 4 is 17.5 Å². The number of aliphatic hydroxyl groups is 1. The summed E-state index contributed by atoms with van der Waals surface area (Å²) in [5.41, 5.74) is 4.43. The van der Waals surface area contributed by atoms with E-state index in [0.717, 1.165) is 12.1 Å². The van der Waals surface area contributed by atoms with E-state index in [4.69, 9.17) is 15.2 Å². The topological polar surface area (TPSA) is 88.3 Å². The van der Waals surface area contributed by atoms with Crippen LogP contribution in [0, 0.1) is 11.6 Å². The molecule has 2 saturated heterocycles. The molecule has 2 heterocycles. The van der Waals surface area contributed by atoms with Crippen LogP contribution >= 0.6 is 0 Å². The van der Waals surface area contributed by atoms with Gasteiger partial charge in [-0.05, 0) is 12.8 Å². The third-order valence-electron chi connectivity index (χ3n) is 4.87. The number of nitrogens with zero attached hydrogens (tertiary/aromatic N) is 2. The number of benzene rings is 1. The molecule has 1 amide bonds. The summed E-state index contributed by atoms with van der Waals surface area (Å²) in [6.45, 7) is 1.08. The molecule has 0 saturated carbocycles. The smallest absolute Gasteiger partial charge is 0.414 e. The normalized spacial score (nSPS) is 22.7. The number of ether oxygens (including phenoxy) is 2. The van der Waals surface area contributed by atoms with E-state index in [9.17, 15) is 18.7 Å². The van der Waals surface area contributed by atoms with E-state index >= 15 is 0 Å². The predicted molar refractivity (Wildman–Crippen MR) is 91.3 cm³/mol. The molecule has 144 valence electrons. The van der Waals surface area contributed by atoms with E-state index in [0.29, 0.717) is 25.9 Å². The molecule has 2 aliphatic heterocycles. The number of rotatable bonds is 5. The first-order valence-electron chi connectivity index (χ1n) is 8.50. The molecule has 2 aliphatic rings. The molecule has 9 heteroatoms. The molecule has 26 heavy (non-hydrogen) atoms. The maximum Gasteiger partial charge on any atom is 0.414 e. The summed E-state index contributed by atoms with van der Waals surface area (Å²) in [5.74, 6) is -1.53. The van der Waals surface area contributed by atoms with Crippen LogP contribution in [-0.2, 0) is 9.47 Å². The first-order valence-corrected chi connectivity index (χ1v) is 8.50. The molecule has 2 fully saturated rings. The zero-order chi connectivity index (χ0) is 18.9. The molecular weight excluding hydrogens is 348 g/mol. The number of anilines is 2. The van der Waals surface area contributed by atoms with Gasteiger partial charge in [-0.2, -0.15) is 0 Å². The number of hydrogen-bond donors (Lipinski definition) is 2. The van der Waals surface area contributed by atoms with Crippen LogP contribution in [0.5, 0.6) is 0 Å². The minimum atomic E-state index is -0.977. The van der Waals surface area contributed by atoms with Crippen LogP contribution in [0.4, 0.5) is 25.0 Å². The van der Waals surface area contributed by atoms with Crippen molar-refractivity contribution in [2.24, 2.45) is 5.73 Å². The van der Waals surface area contributed by atoms with Gasteiger partial charge in [-0.25, -0.2) is 13.6 Å². The first kappa shape index (κ1) is 18.8. The number of cyclic esters (lactones) is 1. The Labute approximate surface area is 150 Å². The lowest BCUT2D eigenvalue weighted by Crippen LogP contribution is -2.47. The Hall–Kier alpha value is -1.97. The van der Waals surface area contributed by atoms with E-state index in [2.05, 4.69) is 0 Å². The monoisotopic (exact) mass is 371 g/mol. The average molecular weight is 371 g/mol. The largest absolute Gasteiger partial charge is 0.443 e. The van der Waals surface area contributed by atoms with Crippen molar-refractivity contribution in [3.05, 3.63) is 23.8 Å². The molecule has 0 bridgehead atoms. The van der Waals surface area contributed by atoms with Crippen molar-refractivity contribution < 1.29 is 28.2 Å². The highest BCUT2D eigenvalue weighted by Gasteiger charge is 2.35. The lowest BCUT2D eigenvalue weighted by atomic mass is 9.92. The molecule has 0 aromatic heterocycles. The molecule has 0 aliphatic carbocycles. The van der Waals surface area contributed by atoms with Gasteiger partial charge < -0.3 is 25.2 Å². The van der Waals surface area contributed by atoms with Crippen LogP contribution in [0.3, 0.4) is 0 Å². The van der Waals surface area contributed by atoms with Crippen LogP contribution < -0.4 is 15.5 Å². The summed E-state index contributed by atoms with van der Waals surface area (Å²) in [5, 5.41) is 10.3. The van der Waals surface area contributed by atoms with Crippen LogP contribution in [0.2, 0.25) is 0 Å². The van der Waals surface area contributed by atoms with E-state index in [1.54, 1.807) is 4.90 Å². The van der Waals surface area contributed by atoms with Gasteiger partial charge in [-0.15, -0.1) is 0 Å². The second kappa shape index (κ2) is 7.34. The Morgan fingerprint density at radius 1 is 1.35 bits per heavy atom.